The molecule has 0 aliphatic rings. The molecule has 3 aromatic rings. The van der Waals surface area contributed by atoms with E-state index in [0.717, 1.165) is 18.2 Å². The van der Waals surface area contributed by atoms with Gasteiger partial charge in [-0.05, 0) is 47.9 Å². The topological polar surface area (TPSA) is 75.7 Å². The average molecular weight is 473 g/mol. The van der Waals surface area contributed by atoms with E-state index in [1.807, 2.05) is 36.4 Å². The van der Waals surface area contributed by atoms with Gasteiger partial charge in [0.05, 0.1) is 18.5 Å². The molecule has 6 nitrogen and oxygen atoms in total. The minimum absolute atomic E-state index is 0.114. The van der Waals surface area contributed by atoms with Crippen LogP contribution in [0.3, 0.4) is 0 Å². The Morgan fingerprint density at radius 2 is 1.62 bits per heavy atom. The Hall–Kier alpha value is -3.03. The van der Waals surface area contributed by atoms with Gasteiger partial charge in [0, 0.05) is 11.6 Å². The molecule has 168 valence electrons. The van der Waals surface area contributed by atoms with Crippen molar-refractivity contribution in [3.63, 3.8) is 0 Å². The van der Waals surface area contributed by atoms with Crippen molar-refractivity contribution in [2.24, 2.45) is 0 Å². The summed E-state index contributed by atoms with van der Waals surface area (Å²) < 4.78 is 31.5. The van der Waals surface area contributed by atoms with Crippen molar-refractivity contribution in [1.29, 1.82) is 0 Å². The number of rotatable bonds is 10. The summed E-state index contributed by atoms with van der Waals surface area (Å²) in [7, 11) is -3.53. The normalized spacial score (nSPS) is 11.1. The standard InChI is InChI=1S/C24H25ClN2O4S/c1-32(29,30)27(17-20-9-5-6-10-23(20)25)21-11-13-22(14-12-21)31-18-24(28)26-16-15-19-7-3-2-4-8-19/h2-14H,15-18H2,1H3,(H,26,28). The number of sulfonamides is 1. The van der Waals surface area contributed by atoms with Crippen LogP contribution in [0.2, 0.25) is 5.02 Å². The lowest BCUT2D eigenvalue weighted by molar-refractivity contribution is -0.123. The first-order chi connectivity index (χ1) is 15.3. The second-order valence-electron chi connectivity index (χ2n) is 7.23. The van der Waals surface area contributed by atoms with Crippen LogP contribution in [0.5, 0.6) is 5.75 Å². The molecular weight excluding hydrogens is 448 g/mol. The fraction of sp³-hybridized carbons (Fsp3) is 0.208. The summed E-state index contributed by atoms with van der Waals surface area (Å²) >= 11 is 6.19. The van der Waals surface area contributed by atoms with Crippen molar-refractivity contribution < 1.29 is 17.9 Å². The summed E-state index contributed by atoms with van der Waals surface area (Å²) in [6.45, 7) is 0.516. The molecule has 0 fully saturated rings. The van der Waals surface area contributed by atoms with Gasteiger partial charge in [0.1, 0.15) is 5.75 Å². The molecule has 0 unspecified atom stereocenters. The Bertz CT molecular complexity index is 1140. The summed E-state index contributed by atoms with van der Waals surface area (Å²) in [4.78, 5) is 12.0. The van der Waals surface area contributed by atoms with Crippen LogP contribution < -0.4 is 14.4 Å². The third-order valence-electron chi connectivity index (χ3n) is 4.75. The van der Waals surface area contributed by atoms with E-state index in [1.165, 1.54) is 4.31 Å². The number of halogens is 1. The Balaban J connectivity index is 1.55. The predicted molar refractivity (Wildman–Crippen MR) is 128 cm³/mol. The monoisotopic (exact) mass is 472 g/mol. The SMILES string of the molecule is CS(=O)(=O)N(Cc1ccccc1Cl)c1ccc(OCC(=O)NCCc2ccccc2)cc1. The van der Waals surface area contributed by atoms with Gasteiger partial charge >= 0.3 is 0 Å². The number of anilines is 1. The van der Waals surface area contributed by atoms with E-state index >= 15 is 0 Å². The number of ether oxygens (including phenoxy) is 1. The number of amides is 1. The van der Waals surface area contributed by atoms with Gasteiger partial charge in [-0.1, -0.05) is 60.1 Å². The van der Waals surface area contributed by atoms with Gasteiger partial charge in [-0.3, -0.25) is 9.10 Å². The molecule has 0 aromatic heterocycles. The van der Waals surface area contributed by atoms with Crippen molar-refractivity contribution in [3.05, 3.63) is 95.0 Å². The molecule has 32 heavy (non-hydrogen) atoms. The van der Waals surface area contributed by atoms with Crippen LogP contribution in [-0.2, 0) is 27.8 Å². The number of carbonyl (C=O) groups excluding carboxylic acids is 1. The third-order valence-corrected chi connectivity index (χ3v) is 6.25. The quantitative estimate of drug-likeness (QED) is 0.483. The van der Waals surface area contributed by atoms with E-state index in [0.29, 0.717) is 28.6 Å². The molecule has 8 heteroatoms. The lowest BCUT2D eigenvalue weighted by atomic mass is 10.1. The Labute approximate surface area is 193 Å². The number of nitrogens with one attached hydrogen (secondary N) is 1. The van der Waals surface area contributed by atoms with E-state index in [9.17, 15) is 13.2 Å². The lowest BCUT2D eigenvalue weighted by Crippen LogP contribution is -2.30. The maximum Gasteiger partial charge on any atom is 0.257 e. The van der Waals surface area contributed by atoms with E-state index in [4.69, 9.17) is 16.3 Å². The minimum atomic E-state index is -3.53. The number of carbonyl (C=O) groups is 1. The van der Waals surface area contributed by atoms with Gasteiger partial charge in [0.25, 0.3) is 5.91 Å². The number of hydrogen-bond acceptors (Lipinski definition) is 4. The molecule has 0 aliphatic carbocycles. The maximum atomic E-state index is 12.3. The van der Waals surface area contributed by atoms with Crippen LogP contribution in [-0.4, -0.2) is 33.7 Å². The highest BCUT2D eigenvalue weighted by Crippen LogP contribution is 2.26. The van der Waals surface area contributed by atoms with Gasteiger partial charge in [-0.2, -0.15) is 0 Å². The van der Waals surface area contributed by atoms with Crippen molar-refractivity contribution in [2.75, 3.05) is 23.7 Å². The molecule has 1 amide bonds. The molecule has 0 heterocycles. The van der Waals surface area contributed by atoms with Crippen LogP contribution in [0, 0.1) is 0 Å². The van der Waals surface area contributed by atoms with Crippen LogP contribution in [0.25, 0.3) is 0 Å². The highest BCUT2D eigenvalue weighted by Gasteiger charge is 2.19. The third kappa shape index (κ3) is 7.00. The summed E-state index contributed by atoms with van der Waals surface area (Å²) in [6, 6.07) is 23.6. The first kappa shape index (κ1) is 23.6. The first-order valence-electron chi connectivity index (χ1n) is 10.1. The van der Waals surface area contributed by atoms with Gasteiger partial charge in [0.2, 0.25) is 10.0 Å². The Morgan fingerprint density at radius 1 is 0.969 bits per heavy atom. The molecule has 0 bridgehead atoms. The Morgan fingerprint density at radius 3 is 2.28 bits per heavy atom. The zero-order chi connectivity index (χ0) is 23.0. The minimum Gasteiger partial charge on any atom is -0.484 e. The molecule has 0 spiro atoms. The number of nitrogens with zero attached hydrogens (tertiary/aromatic N) is 1. The molecule has 0 saturated heterocycles. The molecule has 0 atom stereocenters. The van der Waals surface area contributed by atoms with Gasteiger partial charge < -0.3 is 10.1 Å². The molecule has 3 rings (SSSR count). The van der Waals surface area contributed by atoms with E-state index in [2.05, 4.69) is 5.32 Å². The van der Waals surface area contributed by atoms with Gasteiger partial charge in [0.15, 0.2) is 6.61 Å². The highest BCUT2D eigenvalue weighted by molar-refractivity contribution is 7.92. The zero-order valence-corrected chi connectivity index (χ0v) is 19.3. The van der Waals surface area contributed by atoms with Gasteiger partial charge in [-0.25, -0.2) is 8.42 Å². The second kappa shape index (κ2) is 11.0. The van der Waals surface area contributed by atoms with Crippen molar-refractivity contribution >= 4 is 33.2 Å². The zero-order valence-electron chi connectivity index (χ0n) is 17.7. The number of hydrogen-bond donors (Lipinski definition) is 1. The molecular formula is C24H25ClN2O4S. The summed E-state index contributed by atoms with van der Waals surface area (Å²) in [6.07, 6.45) is 1.89. The largest absolute Gasteiger partial charge is 0.484 e. The summed E-state index contributed by atoms with van der Waals surface area (Å²) in [5, 5.41) is 3.32. The van der Waals surface area contributed by atoms with E-state index in [-0.39, 0.29) is 19.1 Å². The average Bonchev–Trinajstić information content (AvgIpc) is 2.77. The fourth-order valence-electron chi connectivity index (χ4n) is 3.08. The van der Waals surface area contributed by atoms with Crippen LogP contribution in [0.15, 0.2) is 78.9 Å². The predicted octanol–water partition coefficient (Wildman–Crippen LogP) is 4.04. The van der Waals surface area contributed by atoms with Crippen LogP contribution in [0.4, 0.5) is 5.69 Å². The first-order valence-corrected chi connectivity index (χ1v) is 12.3. The molecule has 0 aliphatic heterocycles. The fourth-order valence-corrected chi connectivity index (χ4v) is 4.15. The van der Waals surface area contributed by atoms with Crippen molar-refractivity contribution in [3.8, 4) is 5.75 Å². The molecule has 0 radical (unpaired) electrons. The highest BCUT2D eigenvalue weighted by atomic mass is 35.5. The smallest absolute Gasteiger partial charge is 0.257 e. The molecule has 0 saturated carbocycles. The second-order valence-corrected chi connectivity index (χ2v) is 9.54. The molecule has 3 aromatic carbocycles. The number of benzene rings is 3. The summed E-state index contributed by atoms with van der Waals surface area (Å²) in [5.74, 6) is 0.250. The van der Waals surface area contributed by atoms with Crippen LogP contribution >= 0.6 is 11.6 Å². The van der Waals surface area contributed by atoms with Crippen LogP contribution in [0.1, 0.15) is 11.1 Å². The molecule has 1 N–H and O–H groups in total. The lowest BCUT2D eigenvalue weighted by Gasteiger charge is -2.23. The van der Waals surface area contributed by atoms with Crippen molar-refractivity contribution in [2.45, 2.75) is 13.0 Å². The van der Waals surface area contributed by atoms with E-state index in [1.54, 1.807) is 42.5 Å². The van der Waals surface area contributed by atoms with E-state index < -0.39 is 10.0 Å². The Kier molecular flexibility index (Phi) is 8.14. The maximum absolute atomic E-state index is 12.3. The van der Waals surface area contributed by atoms with Crippen molar-refractivity contribution in [1.82, 2.24) is 5.32 Å². The van der Waals surface area contributed by atoms with Gasteiger partial charge in [-0.15, -0.1) is 0 Å². The summed E-state index contributed by atoms with van der Waals surface area (Å²) in [5.41, 5.74) is 2.33.